The molecule has 0 atom stereocenters. The third kappa shape index (κ3) is 5.51. The van der Waals surface area contributed by atoms with E-state index in [1.54, 1.807) is 6.07 Å². The summed E-state index contributed by atoms with van der Waals surface area (Å²) in [6.45, 7) is 1.73. The number of hydrogen-bond acceptors (Lipinski definition) is 7. The molecule has 2 aromatic heterocycles. The normalized spacial score (nSPS) is 17.1. The zero-order valence-corrected chi connectivity index (χ0v) is 18.2. The smallest absolute Gasteiger partial charge is 0.437 e. The van der Waals surface area contributed by atoms with Crippen molar-refractivity contribution < 1.29 is 37.0 Å². The first-order valence-electron chi connectivity index (χ1n) is 10.9. The third-order valence-corrected chi connectivity index (χ3v) is 5.88. The number of oxazole rings is 1. The fraction of sp³-hybridized carbons (Fsp3) is 0.524. The second-order valence-corrected chi connectivity index (χ2v) is 8.23. The van der Waals surface area contributed by atoms with Gasteiger partial charge in [0.2, 0.25) is 5.76 Å². The second kappa shape index (κ2) is 9.77. The lowest BCUT2D eigenvalue weighted by atomic mass is 10.1. The Bertz CT molecular complexity index is 1010. The topological polar surface area (TPSA) is 121 Å². The van der Waals surface area contributed by atoms with Gasteiger partial charge in [0.1, 0.15) is 5.82 Å². The molecule has 0 unspecified atom stereocenters. The average Bonchev–Trinajstić information content (AvgIpc) is 3.48. The number of anilines is 2. The van der Waals surface area contributed by atoms with E-state index in [2.05, 4.69) is 15.3 Å². The van der Waals surface area contributed by atoms with Gasteiger partial charge >= 0.3 is 18.3 Å². The number of halogens is 3. The van der Waals surface area contributed by atoms with Gasteiger partial charge in [-0.05, 0) is 30.9 Å². The Morgan fingerprint density at radius 2 is 1.88 bits per heavy atom. The molecule has 4 rings (SSSR count). The van der Waals surface area contributed by atoms with Gasteiger partial charge in [0.15, 0.2) is 5.69 Å². The van der Waals surface area contributed by atoms with Crippen LogP contribution >= 0.6 is 0 Å². The number of piperazine rings is 1. The predicted molar refractivity (Wildman–Crippen MR) is 113 cm³/mol. The van der Waals surface area contributed by atoms with E-state index in [1.807, 2.05) is 4.90 Å². The van der Waals surface area contributed by atoms with Gasteiger partial charge in [0.25, 0.3) is 5.91 Å². The second-order valence-electron chi connectivity index (χ2n) is 8.23. The molecule has 2 N–H and O–H groups in total. The number of carbonyl (C=O) groups is 2. The minimum Gasteiger partial charge on any atom is -0.465 e. The van der Waals surface area contributed by atoms with Crippen molar-refractivity contribution in [2.45, 2.75) is 31.9 Å². The number of amides is 2. The molecule has 2 fully saturated rings. The van der Waals surface area contributed by atoms with E-state index < -0.39 is 35.7 Å². The van der Waals surface area contributed by atoms with Gasteiger partial charge in [-0.15, -0.1) is 0 Å². The number of nitrogens with zero attached hydrogens (tertiary/aromatic N) is 4. The third-order valence-electron chi connectivity index (χ3n) is 5.88. The van der Waals surface area contributed by atoms with Crippen LogP contribution < -0.4 is 15.0 Å². The molecule has 0 spiro atoms. The SMILES string of the molecule is O=C(Nc1ccc(N2CCN(C(=O)O)CC2)nc1)c1oc(OCC2CCCC2)nc1C(F)(F)F. The largest absolute Gasteiger partial charge is 0.465 e. The molecule has 184 valence electrons. The first-order valence-corrected chi connectivity index (χ1v) is 10.9. The number of aromatic nitrogens is 2. The van der Waals surface area contributed by atoms with Crippen LogP contribution in [-0.2, 0) is 6.18 Å². The van der Waals surface area contributed by atoms with Gasteiger partial charge < -0.3 is 29.4 Å². The lowest BCUT2D eigenvalue weighted by molar-refractivity contribution is -0.141. The summed E-state index contributed by atoms with van der Waals surface area (Å²) in [7, 11) is 0. The monoisotopic (exact) mass is 483 g/mol. The van der Waals surface area contributed by atoms with Crippen molar-refractivity contribution in [1.29, 1.82) is 0 Å². The highest BCUT2D eigenvalue weighted by Crippen LogP contribution is 2.35. The van der Waals surface area contributed by atoms with Crippen molar-refractivity contribution in [3.8, 4) is 6.08 Å². The minimum absolute atomic E-state index is 0.163. The van der Waals surface area contributed by atoms with Crippen LogP contribution in [0.25, 0.3) is 0 Å². The Kier molecular flexibility index (Phi) is 6.80. The first-order chi connectivity index (χ1) is 16.2. The van der Waals surface area contributed by atoms with Crippen LogP contribution in [0.15, 0.2) is 22.7 Å². The Morgan fingerprint density at radius 1 is 1.18 bits per heavy atom. The Hall–Kier alpha value is -3.51. The molecular weight excluding hydrogens is 459 g/mol. The molecule has 10 nitrogen and oxygen atoms in total. The van der Waals surface area contributed by atoms with E-state index in [0.717, 1.165) is 25.7 Å². The molecule has 0 radical (unpaired) electrons. The molecule has 1 saturated heterocycles. The van der Waals surface area contributed by atoms with Crippen molar-refractivity contribution in [2.24, 2.45) is 5.92 Å². The number of alkyl halides is 3. The van der Waals surface area contributed by atoms with E-state index >= 15 is 0 Å². The van der Waals surface area contributed by atoms with Gasteiger partial charge in [-0.25, -0.2) is 9.78 Å². The highest BCUT2D eigenvalue weighted by Gasteiger charge is 2.42. The van der Waals surface area contributed by atoms with E-state index in [-0.39, 0.29) is 18.2 Å². The van der Waals surface area contributed by atoms with Crippen molar-refractivity contribution in [3.05, 3.63) is 29.8 Å². The van der Waals surface area contributed by atoms with Crippen LogP contribution in [0.5, 0.6) is 6.08 Å². The van der Waals surface area contributed by atoms with Crippen LogP contribution in [0.3, 0.4) is 0 Å². The fourth-order valence-corrected chi connectivity index (χ4v) is 4.04. The highest BCUT2D eigenvalue weighted by molar-refractivity contribution is 6.03. The zero-order chi connectivity index (χ0) is 24.3. The van der Waals surface area contributed by atoms with Gasteiger partial charge in [-0.1, -0.05) is 12.8 Å². The van der Waals surface area contributed by atoms with Crippen LogP contribution in [0.2, 0.25) is 0 Å². The van der Waals surface area contributed by atoms with E-state index in [4.69, 9.17) is 14.3 Å². The summed E-state index contributed by atoms with van der Waals surface area (Å²) in [5, 5.41) is 11.4. The number of pyridine rings is 1. The van der Waals surface area contributed by atoms with Crippen molar-refractivity contribution in [3.63, 3.8) is 0 Å². The maximum atomic E-state index is 13.4. The summed E-state index contributed by atoms with van der Waals surface area (Å²) < 4.78 is 50.6. The molecule has 34 heavy (non-hydrogen) atoms. The summed E-state index contributed by atoms with van der Waals surface area (Å²) in [5.41, 5.74) is -1.29. The Labute approximate surface area is 192 Å². The molecule has 13 heteroatoms. The Balaban J connectivity index is 1.41. The van der Waals surface area contributed by atoms with E-state index in [9.17, 15) is 22.8 Å². The maximum Gasteiger partial charge on any atom is 0.437 e. The van der Waals surface area contributed by atoms with Crippen LogP contribution in [0.1, 0.15) is 41.9 Å². The summed E-state index contributed by atoms with van der Waals surface area (Å²) in [5.74, 6) is -1.32. The molecule has 3 heterocycles. The number of carboxylic acid groups (broad SMARTS) is 1. The van der Waals surface area contributed by atoms with Crippen molar-refractivity contribution in [1.82, 2.24) is 14.9 Å². The number of ether oxygens (including phenoxy) is 1. The van der Waals surface area contributed by atoms with Gasteiger partial charge in [-0.2, -0.15) is 18.2 Å². The molecule has 2 aliphatic rings. The molecule has 1 aliphatic carbocycles. The lowest BCUT2D eigenvalue weighted by Gasteiger charge is -2.33. The van der Waals surface area contributed by atoms with Crippen molar-refractivity contribution >= 4 is 23.5 Å². The van der Waals surface area contributed by atoms with Gasteiger partial charge in [0, 0.05) is 26.2 Å². The summed E-state index contributed by atoms with van der Waals surface area (Å²) in [6.07, 6.45) is -1.21. The molecule has 1 saturated carbocycles. The molecule has 0 aromatic carbocycles. The zero-order valence-electron chi connectivity index (χ0n) is 18.2. The van der Waals surface area contributed by atoms with Crippen molar-refractivity contribution in [2.75, 3.05) is 43.0 Å². The number of hydrogen-bond donors (Lipinski definition) is 2. The van der Waals surface area contributed by atoms with Gasteiger partial charge in [-0.3, -0.25) is 4.79 Å². The number of rotatable bonds is 6. The fourth-order valence-electron chi connectivity index (χ4n) is 4.04. The molecule has 2 aromatic rings. The molecular formula is C21H24F3N5O5. The van der Waals surface area contributed by atoms with Crippen LogP contribution in [0.4, 0.5) is 29.5 Å². The summed E-state index contributed by atoms with van der Waals surface area (Å²) in [6, 6.07) is 3.08. The average molecular weight is 483 g/mol. The molecule has 1 aliphatic heterocycles. The molecule has 2 amide bonds. The Morgan fingerprint density at radius 3 is 2.47 bits per heavy atom. The number of nitrogens with one attached hydrogen (secondary N) is 1. The van der Waals surface area contributed by atoms with Gasteiger partial charge in [0.05, 0.1) is 18.5 Å². The summed E-state index contributed by atoms with van der Waals surface area (Å²) in [4.78, 5) is 34.3. The quantitative estimate of drug-likeness (QED) is 0.638. The highest BCUT2D eigenvalue weighted by atomic mass is 19.4. The van der Waals surface area contributed by atoms with Crippen LogP contribution in [-0.4, -0.2) is 64.8 Å². The number of carbonyl (C=O) groups excluding carboxylic acids is 1. The predicted octanol–water partition coefficient (Wildman–Crippen LogP) is 3.71. The summed E-state index contributed by atoms with van der Waals surface area (Å²) >= 11 is 0. The van der Waals surface area contributed by atoms with E-state index in [0.29, 0.717) is 32.0 Å². The maximum absolute atomic E-state index is 13.4. The molecule has 0 bridgehead atoms. The minimum atomic E-state index is -4.90. The lowest BCUT2D eigenvalue weighted by Crippen LogP contribution is -2.48. The van der Waals surface area contributed by atoms with E-state index in [1.165, 1.54) is 17.2 Å². The first kappa shape index (κ1) is 23.6. The van der Waals surface area contributed by atoms with Crippen LogP contribution in [0, 0.1) is 5.92 Å². The standard InChI is InChI=1S/C21H24F3N5O5/c22-21(23,24)17-16(34-19(27-17)33-12-13-3-1-2-4-13)18(30)26-14-5-6-15(25-11-14)28-7-9-29(10-8-28)20(31)32/h5-6,11,13H,1-4,7-10,12H2,(H,26,30)(H,31,32).